The van der Waals surface area contributed by atoms with Crippen LogP contribution in [0.5, 0.6) is 0 Å². The zero-order chi connectivity index (χ0) is 7.94. The summed E-state index contributed by atoms with van der Waals surface area (Å²) < 4.78 is 0. The Labute approximate surface area is 66.5 Å². The van der Waals surface area contributed by atoms with Gasteiger partial charge in [-0.2, -0.15) is 0 Å². The molecule has 1 radical (unpaired) electrons. The van der Waals surface area contributed by atoms with Gasteiger partial charge in [-0.1, -0.05) is 24.3 Å². The van der Waals surface area contributed by atoms with Gasteiger partial charge in [-0.3, -0.25) is 0 Å². The van der Waals surface area contributed by atoms with Gasteiger partial charge in [0.15, 0.2) is 0 Å². The molecular formula is C9H10NO. The molecule has 0 aliphatic heterocycles. The Morgan fingerprint density at radius 1 is 1.36 bits per heavy atom. The normalized spacial score (nSPS) is 9.09. The molecule has 0 heterocycles. The van der Waals surface area contributed by atoms with E-state index >= 15 is 0 Å². The van der Waals surface area contributed by atoms with Crippen LogP contribution in [0.25, 0.3) is 0 Å². The van der Waals surface area contributed by atoms with Crippen molar-refractivity contribution >= 4 is 5.69 Å². The van der Waals surface area contributed by atoms with Crippen LogP contribution >= 0.6 is 0 Å². The average molecular weight is 148 g/mol. The quantitative estimate of drug-likeness (QED) is 0.364. The van der Waals surface area contributed by atoms with Gasteiger partial charge in [-0.15, -0.1) is 12.1 Å². The third-order valence-corrected chi connectivity index (χ3v) is 1.12. The van der Waals surface area contributed by atoms with Gasteiger partial charge in [0.05, 0.1) is 12.3 Å². The lowest BCUT2D eigenvalue weighted by Crippen LogP contribution is -1.98. The maximum absolute atomic E-state index is 4.88. The molecule has 2 heteroatoms. The minimum atomic E-state index is 0.453. The van der Waals surface area contributed by atoms with E-state index < -0.39 is 0 Å². The summed E-state index contributed by atoms with van der Waals surface area (Å²) in [6.07, 6.45) is 1.66. The van der Waals surface area contributed by atoms with Crippen LogP contribution in [0.1, 0.15) is 0 Å². The van der Waals surface area contributed by atoms with E-state index in [1.165, 1.54) is 0 Å². The third kappa shape index (κ3) is 2.87. The van der Waals surface area contributed by atoms with Gasteiger partial charge in [0, 0.05) is 0 Å². The van der Waals surface area contributed by atoms with Crippen molar-refractivity contribution in [3.63, 3.8) is 0 Å². The highest BCUT2D eigenvalue weighted by molar-refractivity contribution is 5.33. The van der Waals surface area contributed by atoms with E-state index in [0.717, 1.165) is 5.69 Å². The monoisotopic (exact) mass is 148 g/mol. The van der Waals surface area contributed by atoms with Crippen molar-refractivity contribution in [1.82, 2.24) is 5.48 Å². The van der Waals surface area contributed by atoms with Crippen molar-refractivity contribution in [3.8, 4) is 0 Å². The Morgan fingerprint density at radius 2 is 2.09 bits per heavy atom. The summed E-state index contributed by atoms with van der Waals surface area (Å²) >= 11 is 0. The average Bonchev–Trinajstić information content (AvgIpc) is 2.07. The summed E-state index contributed by atoms with van der Waals surface area (Å²) in [6, 6.07) is 9.52. The van der Waals surface area contributed by atoms with Crippen molar-refractivity contribution in [2.24, 2.45) is 0 Å². The van der Waals surface area contributed by atoms with Gasteiger partial charge in [-0.25, -0.2) is 4.84 Å². The van der Waals surface area contributed by atoms with Crippen molar-refractivity contribution in [1.29, 1.82) is 0 Å². The first kappa shape index (κ1) is 7.82. The number of hydrogen-bond donors (Lipinski definition) is 0. The fourth-order valence-corrected chi connectivity index (χ4v) is 0.653. The zero-order valence-electron chi connectivity index (χ0n) is 6.23. The van der Waals surface area contributed by atoms with E-state index in [4.69, 9.17) is 4.84 Å². The Hall–Kier alpha value is -1.28. The molecule has 0 atom stereocenters. The molecule has 0 amide bonds. The van der Waals surface area contributed by atoms with Crippen molar-refractivity contribution in [2.75, 3.05) is 6.61 Å². The predicted molar refractivity (Wildman–Crippen MR) is 44.4 cm³/mol. The molecule has 0 unspecified atom stereocenters. The van der Waals surface area contributed by atoms with Crippen molar-refractivity contribution < 1.29 is 4.84 Å². The molecule has 0 saturated heterocycles. The molecule has 0 saturated carbocycles. The number of rotatable bonds is 4. The van der Waals surface area contributed by atoms with Crippen LogP contribution in [0.2, 0.25) is 0 Å². The van der Waals surface area contributed by atoms with Crippen LogP contribution in [0.4, 0.5) is 5.69 Å². The van der Waals surface area contributed by atoms with Crippen LogP contribution in [-0.2, 0) is 4.84 Å². The first-order valence-corrected chi connectivity index (χ1v) is 3.42. The maximum Gasteiger partial charge on any atom is 0.0950 e. The van der Waals surface area contributed by atoms with Gasteiger partial charge in [0.2, 0.25) is 0 Å². The van der Waals surface area contributed by atoms with Crippen molar-refractivity contribution in [3.05, 3.63) is 43.0 Å². The first-order valence-electron chi connectivity index (χ1n) is 3.42. The molecule has 1 rings (SSSR count). The molecule has 0 spiro atoms. The fraction of sp³-hybridized carbons (Fsp3) is 0.111. The molecule has 1 aromatic rings. The van der Waals surface area contributed by atoms with Crippen molar-refractivity contribution in [2.45, 2.75) is 0 Å². The van der Waals surface area contributed by atoms with E-state index in [0.29, 0.717) is 6.61 Å². The largest absolute Gasteiger partial charge is 0.247 e. The summed E-state index contributed by atoms with van der Waals surface area (Å²) in [7, 11) is 0. The predicted octanol–water partition coefficient (Wildman–Crippen LogP) is 2.04. The molecule has 1 aromatic carbocycles. The minimum Gasteiger partial charge on any atom is -0.247 e. The molecule has 0 bridgehead atoms. The molecule has 57 valence electrons. The standard InChI is InChI=1S/C9H10NO/c1-2-8-11-10-9-6-4-3-5-7-9/h2-7H,1,8H2. The maximum atomic E-state index is 4.88. The Morgan fingerprint density at radius 3 is 2.73 bits per heavy atom. The zero-order valence-corrected chi connectivity index (χ0v) is 6.23. The molecule has 0 fully saturated rings. The van der Waals surface area contributed by atoms with E-state index in [1.807, 2.05) is 30.3 Å². The highest BCUT2D eigenvalue weighted by Crippen LogP contribution is 2.04. The summed E-state index contributed by atoms with van der Waals surface area (Å²) in [6.45, 7) is 3.96. The number of hydrogen-bond acceptors (Lipinski definition) is 1. The second-order valence-corrected chi connectivity index (χ2v) is 2.01. The molecule has 0 aliphatic rings. The lowest BCUT2D eigenvalue weighted by atomic mass is 10.3. The summed E-state index contributed by atoms with van der Waals surface area (Å²) in [4.78, 5) is 4.88. The van der Waals surface area contributed by atoms with E-state index in [9.17, 15) is 0 Å². The number of benzene rings is 1. The second kappa shape index (κ2) is 4.52. The Bertz CT molecular complexity index is 208. The minimum absolute atomic E-state index is 0.453. The van der Waals surface area contributed by atoms with Crippen LogP contribution in [-0.4, -0.2) is 6.61 Å². The fourth-order valence-electron chi connectivity index (χ4n) is 0.653. The Balaban J connectivity index is 2.33. The van der Waals surface area contributed by atoms with Gasteiger partial charge < -0.3 is 0 Å². The topological polar surface area (TPSA) is 23.3 Å². The molecule has 0 aromatic heterocycles. The molecule has 2 nitrogen and oxygen atoms in total. The summed E-state index contributed by atoms with van der Waals surface area (Å²) in [5.41, 5.74) is 4.65. The molecule has 0 aliphatic carbocycles. The van der Waals surface area contributed by atoms with E-state index in [1.54, 1.807) is 6.08 Å². The molecule has 11 heavy (non-hydrogen) atoms. The van der Waals surface area contributed by atoms with E-state index in [2.05, 4.69) is 12.1 Å². The van der Waals surface area contributed by atoms with Crippen LogP contribution in [0.3, 0.4) is 0 Å². The SMILES string of the molecule is C=CCO[N]c1ccccc1. The summed E-state index contributed by atoms with van der Waals surface area (Å²) in [5, 5.41) is 0. The van der Waals surface area contributed by atoms with Gasteiger partial charge in [0.25, 0.3) is 0 Å². The molecule has 0 N–H and O–H groups in total. The molecular weight excluding hydrogens is 138 g/mol. The smallest absolute Gasteiger partial charge is 0.0950 e. The lowest BCUT2D eigenvalue weighted by molar-refractivity contribution is 0.0925. The lowest BCUT2D eigenvalue weighted by Gasteiger charge is -1.98. The van der Waals surface area contributed by atoms with Gasteiger partial charge in [0.1, 0.15) is 0 Å². The third-order valence-electron chi connectivity index (χ3n) is 1.12. The van der Waals surface area contributed by atoms with Gasteiger partial charge in [-0.05, 0) is 12.1 Å². The highest BCUT2D eigenvalue weighted by atomic mass is 16.6. The van der Waals surface area contributed by atoms with Crippen LogP contribution in [0, 0.1) is 0 Å². The highest BCUT2D eigenvalue weighted by Gasteiger charge is 1.88. The van der Waals surface area contributed by atoms with Crippen LogP contribution in [0.15, 0.2) is 43.0 Å². The van der Waals surface area contributed by atoms with Crippen LogP contribution < -0.4 is 5.48 Å². The first-order chi connectivity index (χ1) is 5.43. The van der Waals surface area contributed by atoms with Gasteiger partial charge >= 0.3 is 0 Å². The Kier molecular flexibility index (Phi) is 3.22. The summed E-state index contributed by atoms with van der Waals surface area (Å²) in [5.74, 6) is 0. The number of nitrogens with zero attached hydrogens (tertiary/aromatic N) is 1. The van der Waals surface area contributed by atoms with E-state index in [-0.39, 0.29) is 0 Å². The second-order valence-electron chi connectivity index (χ2n) is 2.01.